The maximum Gasteiger partial charge on any atom is 0.303 e. The molecule has 0 aliphatic rings. The Labute approximate surface area is 120 Å². The lowest BCUT2D eigenvalue weighted by molar-refractivity contribution is -0.149. The van der Waals surface area contributed by atoms with Gasteiger partial charge in [-0.15, -0.1) is 11.6 Å². The van der Waals surface area contributed by atoms with Gasteiger partial charge in [-0.1, -0.05) is 33.4 Å². The topological polar surface area (TPSA) is 69.7 Å². The van der Waals surface area contributed by atoms with Gasteiger partial charge in [0.1, 0.15) is 6.10 Å². The van der Waals surface area contributed by atoms with Crippen molar-refractivity contribution in [1.29, 1.82) is 0 Å². The van der Waals surface area contributed by atoms with Crippen molar-refractivity contribution >= 4 is 27.7 Å². The van der Waals surface area contributed by atoms with Crippen LogP contribution in [0.5, 0.6) is 0 Å². The second-order valence-corrected chi connectivity index (χ2v) is 7.40. The molecule has 7 heteroatoms. The fraction of sp³-hybridized carbons (Fsp3) is 0.750. The van der Waals surface area contributed by atoms with E-state index in [9.17, 15) is 13.2 Å². The molecule has 0 saturated heterocycles. The molecule has 0 aromatic heterocycles. The van der Waals surface area contributed by atoms with Crippen LogP contribution in [-0.4, -0.2) is 31.8 Å². The van der Waals surface area contributed by atoms with Crippen LogP contribution >= 0.6 is 11.6 Å². The Morgan fingerprint density at radius 1 is 1.47 bits per heavy atom. The maximum absolute atomic E-state index is 11.7. The highest BCUT2D eigenvalue weighted by molar-refractivity contribution is 7.88. The van der Waals surface area contributed by atoms with Crippen LogP contribution in [0.2, 0.25) is 0 Å². The van der Waals surface area contributed by atoms with Gasteiger partial charge in [0.25, 0.3) is 10.1 Å². The monoisotopic (exact) mass is 312 g/mol. The maximum atomic E-state index is 11.7. The summed E-state index contributed by atoms with van der Waals surface area (Å²) in [6.45, 7) is 9.77. The van der Waals surface area contributed by atoms with E-state index in [4.69, 9.17) is 20.5 Å². The summed E-state index contributed by atoms with van der Waals surface area (Å²) in [5.41, 5.74) is -0.731. The number of esters is 1. The molecule has 5 nitrogen and oxygen atoms in total. The number of hydrogen-bond acceptors (Lipinski definition) is 5. The molecule has 2 atom stereocenters. The molecule has 0 aromatic carbocycles. The van der Waals surface area contributed by atoms with Gasteiger partial charge in [0.05, 0.1) is 6.61 Å². The molecule has 0 unspecified atom stereocenters. The lowest BCUT2D eigenvalue weighted by atomic mass is 9.87. The lowest BCUT2D eigenvalue weighted by Crippen LogP contribution is -2.37. The molecule has 0 aliphatic heterocycles. The van der Waals surface area contributed by atoms with Crippen LogP contribution < -0.4 is 0 Å². The first kappa shape index (κ1) is 18.4. The molecular formula is C12H21ClO5S. The van der Waals surface area contributed by atoms with Crippen LogP contribution in [-0.2, 0) is 23.8 Å². The van der Waals surface area contributed by atoms with E-state index in [2.05, 4.69) is 6.58 Å². The van der Waals surface area contributed by atoms with E-state index in [1.54, 1.807) is 20.8 Å². The molecule has 0 N–H and O–H groups in total. The first-order valence-corrected chi connectivity index (χ1v) is 7.79. The number of carbonyl (C=O) groups is 1. The molecular weight excluding hydrogens is 292 g/mol. The number of rotatable bonds is 8. The van der Waals surface area contributed by atoms with E-state index in [1.807, 2.05) is 0 Å². The Kier molecular flexibility index (Phi) is 7.04. The van der Waals surface area contributed by atoms with E-state index in [0.29, 0.717) is 0 Å². The molecule has 19 heavy (non-hydrogen) atoms. The van der Waals surface area contributed by atoms with Crippen LogP contribution in [0.15, 0.2) is 12.7 Å². The van der Waals surface area contributed by atoms with Crippen molar-refractivity contribution in [2.75, 3.05) is 6.61 Å². The van der Waals surface area contributed by atoms with Crippen LogP contribution in [0.4, 0.5) is 0 Å². The highest BCUT2D eigenvalue weighted by Crippen LogP contribution is 2.27. The highest BCUT2D eigenvalue weighted by Gasteiger charge is 2.33. The van der Waals surface area contributed by atoms with Gasteiger partial charge in [-0.2, -0.15) is 8.42 Å². The Bertz CT molecular complexity index is 416. The molecule has 112 valence electrons. The van der Waals surface area contributed by atoms with Gasteiger partial charge < -0.3 is 4.74 Å². The predicted molar refractivity (Wildman–Crippen MR) is 74.3 cm³/mol. The minimum absolute atomic E-state index is 0.150. The summed E-state index contributed by atoms with van der Waals surface area (Å²) in [4.78, 5) is 11.0. The van der Waals surface area contributed by atoms with E-state index in [0.717, 1.165) is 0 Å². The van der Waals surface area contributed by atoms with Crippen molar-refractivity contribution in [3.8, 4) is 0 Å². The fourth-order valence-corrected chi connectivity index (χ4v) is 2.48. The summed E-state index contributed by atoms with van der Waals surface area (Å²) in [6, 6.07) is 0. The lowest BCUT2D eigenvalue weighted by Gasteiger charge is -2.31. The third-order valence-corrected chi connectivity index (χ3v) is 4.88. The molecule has 0 heterocycles. The van der Waals surface area contributed by atoms with Gasteiger partial charge in [-0.3, -0.25) is 8.98 Å². The van der Waals surface area contributed by atoms with E-state index in [1.165, 1.54) is 13.0 Å². The average molecular weight is 313 g/mol. The van der Waals surface area contributed by atoms with Crippen LogP contribution in [0.25, 0.3) is 0 Å². The van der Waals surface area contributed by atoms with Gasteiger partial charge in [-0.25, -0.2) is 0 Å². The van der Waals surface area contributed by atoms with Gasteiger partial charge in [0.15, 0.2) is 4.71 Å². The number of carbonyl (C=O) groups excluding carboxylic acids is 1. The van der Waals surface area contributed by atoms with Crippen molar-refractivity contribution in [3.63, 3.8) is 0 Å². The second-order valence-electron chi connectivity index (χ2n) is 4.83. The Balaban J connectivity index is 4.77. The summed E-state index contributed by atoms with van der Waals surface area (Å²) in [6.07, 6.45) is 1.05. The zero-order valence-corrected chi connectivity index (χ0v) is 13.3. The molecule has 0 radical (unpaired) electrons. The van der Waals surface area contributed by atoms with E-state index < -0.39 is 32.3 Å². The summed E-state index contributed by atoms with van der Waals surface area (Å²) in [5, 5.41) is 0. The van der Waals surface area contributed by atoms with Gasteiger partial charge in [0, 0.05) is 12.3 Å². The van der Waals surface area contributed by atoms with Crippen molar-refractivity contribution in [3.05, 3.63) is 12.7 Å². The fourth-order valence-electron chi connectivity index (χ4n) is 1.30. The Morgan fingerprint density at radius 2 is 2.00 bits per heavy atom. The zero-order valence-electron chi connectivity index (χ0n) is 11.7. The predicted octanol–water partition coefficient (Wildman–Crippen LogP) is 2.45. The number of ether oxygens (including phenoxy) is 1. The van der Waals surface area contributed by atoms with Crippen molar-refractivity contribution < 1.29 is 22.1 Å². The quantitative estimate of drug-likeness (QED) is 0.298. The van der Waals surface area contributed by atoms with Crippen molar-refractivity contribution in [2.24, 2.45) is 5.41 Å². The third kappa shape index (κ3) is 5.93. The second kappa shape index (κ2) is 7.26. The molecule has 0 bridgehead atoms. The SMILES string of the molecule is C=C[C@H](OC(C)=O)C(C)(C)COS(=O)(=O)[C@@H](Cl)CC. The molecule has 0 spiro atoms. The molecule has 0 rings (SSSR count). The minimum atomic E-state index is -3.82. The van der Waals surface area contributed by atoms with Gasteiger partial charge in [0.2, 0.25) is 0 Å². The van der Waals surface area contributed by atoms with Crippen LogP contribution in [0.1, 0.15) is 34.1 Å². The molecule has 0 fully saturated rings. The summed E-state index contributed by atoms with van der Waals surface area (Å²) in [7, 11) is -3.82. The standard InChI is InChI=1S/C12H21ClO5S/c1-6-10(18-9(3)14)12(4,5)8-17-19(15,16)11(13)7-2/h6,10-11H,1,7-8H2,2-5H3/t10-,11+/m0/s1. The minimum Gasteiger partial charge on any atom is -0.458 e. The Hall–Kier alpha value is -0.590. The van der Waals surface area contributed by atoms with E-state index in [-0.39, 0.29) is 13.0 Å². The largest absolute Gasteiger partial charge is 0.458 e. The molecule has 0 aromatic rings. The first-order chi connectivity index (χ1) is 8.56. The average Bonchev–Trinajstić information content (AvgIpc) is 2.32. The molecule has 0 amide bonds. The number of hydrogen-bond donors (Lipinski definition) is 0. The van der Waals surface area contributed by atoms with E-state index >= 15 is 0 Å². The summed E-state index contributed by atoms with van der Waals surface area (Å²) in [5.74, 6) is -0.468. The summed E-state index contributed by atoms with van der Waals surface area (Å²) >= 11 is 5.67. The first-order valence-electron chi connectivity index (χ1n) is 5.89. The smallest absolute Gasteiger partial charge is 0.303 e. The Morgan fingerprint density at radius 3 is 2.37 bits per heavy atom. The van der Waals surface area contributed by atoms with Gasteiger partial charge in [-0.05, 0) is 6.42 Å². The number of halogens is 1. The van der Waals surface area contributed by atoms with Gasteiger partial charge >= 0.3 is 5.97 Å². The highest BCUT2D eigenvalue weighted by atomic mass is 35.5. The summed E-state index contributed by atoms with van der Waals surface area (Å²) < 4.78 is 32.2. The third-order valence-electron chi connectivity index (χ3n) is 2.51. The molecule has 0 aliphatic carbocycles. The zero-order chi connectivity index (χ0) is 15.3. The van der Waals surface area contributed by atoms with Crippen molar-refractivity contribution in [2.45, 2.75) is 44.9 Å². The van der Waals surface area contributed by atoms with Crippen molar-refractivity contribution in [1.82, 2.24) is 0 Å². The van der Waals surface area contributed by atoms with Crippen LogP contribution in [0, 0.1) is 5.41 Å². The normalized spacial score (nSPS) is 15.6. The molecule has 0 saturated carbocycles. The van der Waals surface area contributed by atoms with Crippen LogP contribution in [0.3, 0.4) is 0 Å². The number of alkyl halides is 1.